The fourth-order valence-corrected chi connectivity index (χ4v) is 3.67. The van der Waals surface area contributed by atoms with Crippen molar-refractivity contribution in [2.75, 3.05) is 25.6 Å². The van der Waals surface area contributed by atoms with E-state index in [-0.39, 0.29) is 19.1 Å². The van der Waals surface area contributed by atoms with Gasteiger partial charge in [-0.25, -0.2) is 4.79 Å². The molecule has 0 bridgehead atoms. The highest BCUT2D eigenvalue weighted by Gasteiger charge is 2.22. The molecule has 36 heavy (non-hydrogen) atoms. The number of nitrogens with one attached hydrogen (secondary N) is 1. The van der Waals surface area contributed by atoms with E-state index in [1.54, 1.807) is 43.6 Å². The van der Waals surface area contributed by atoms with Crippen LogP contribution in [-0.4, -0.2) is 48.0 Å². The molecule has 0 saturated heterocycles. The molecule has 0 saturated carbocycles. The number of anilines is 1. The molecule has 1 N–H and O–H groups in total. The molecule has 3 aromatic rings. The number of nitrogens with zero attached hydrogens (tertiary/aromatic N) is 3. The average molecular weight is 489 g/mol. The number of carbonyl (C=O) groups excluding carboxylic acids is 2. The Morgan fingerprint density at radius 2 is 1.86 bits per heavy atom. The summed E-state index contributed by atoms with van der Waals surface area (Å²) in [6, 6.07) is 18.2. The number of aromatic nitrogens is 1. The highest BCUT2D eigenvalue weighted by molar-refractivity contribution is 6.02. The highest BCUT2D eigenvalue weighted by Crippen LogP contribution is 2.28. The number of rotatable bonds is 10. The summed E-state index contributed by atoms with van der Waals surface area (Å²) in [6.45, 7) is 2.92. The molecule has 0 fully saturated rings. The maximum absolute atomic E-state index is 12.3. The second kappa shape index (κ2) is 11.8. The van der Waals surface area contributed by atoms with Gasteiger partial charge >= 0.3 is 6.09 Å². The minimum Gasteiger partial charge on any atom is -0.493 e. The SMILES string of the molecule is CCOc1ccc(CCC2=NN(Cc3ccc(NC(=O)c4ccccn4)cc3)C(=O)OC2)cc1OC. The first-order valence-corrected chi connectivity index (χ1v) is 11.7. The van der Waals surface area contributed by atoms with Crippen LogP contribution in [0.5, 0.6) is 11.5 Å². The number of hydrogen-bond donors (Lipinski definition) is 1. The van der Waals surface area contributed by atoms with E-state index in [0.29, 0.717) is 35.9 Å². The number of pyridine rings is 1. The third-order valence-corrected chi connectivity index (χ3v) is 5.51. The summed E-state index contributed by atoms with van der Waals surface area (Å²) >= 11 is 0. The van der Waals surface area contributed by atoms with E-state index in [2.05, 4.69) is 15.4 Å². The zero-order valence-corrected chi connectivity index (χ0v) is 20.3. The maximum atomic E-state index is 12.3. The smallest absolute Gasteiger partial charge is 0.431 e. The van der Waals surface area contributed by atoms with E-state index in [1.165, 1.54) is 5.01 Å². The maximum Gasteiger partial charge on any atom is 0.431 e. The van der Waals surface area contributed by atoms with Crippen LogP contribution < -0.4 is 14.8 Å². The standard InChI is InChI=1S/C27H28N4O5/c1-3-35-24-14-10-19(16-25(24)34-2)7-13-22-18-36-27(33)31(30-22)17-20-8-11-21(12-9-20)29-26(32)23-6-4-5-15-28-23/h4-6,8-12,14-16H,3,7,13,17-18H2,1-2H3,(H,29,32). The van der Waals surface area contributed by atoms with Crippen LogP contribution in [0, 0.1) is 0 Å². The fourth-order valence-electron chi connectivity index (χ4n) is 3.67. The monoisotopic (exact) mass is 488 g/mol. The van der Waals surface area contributed by atoms with Crippen LogP contribution in [0.3, 0.4) is 0 Å². The number of methoxy groups -OCH3 is 1. The topological polar surface area (TPSA) is 102 Å². The molecule has 186 valence electrons. The first-order valence-electron chi connectivity index (χ1n) is 11.7. The number of hydrazone groups is 1. The Bertz CT molecular complexity index is 1230. The molecule has 1 aromatic heterocycles. The molecular weight excluding hydrogens is 460 g/mol. The number of benzene rings is 2. The molecule has 2 aromatic carbocycles. The Morgan fingerprint density at radius 3 is 2.58 bits per heavy atom. The lowest BCUT2D eigenvalue weighted by molar-refractivity contribution is 0.102. The molecule has 9 heteroatoms. The van der Waals surface area contributed by atoms with Crippen molar-refractivity contribution in [2.24, 2.45) is 5.10 Å². The molecule has 0 unspecified atom stereocenters. The predicted molar refractivity (Wildman–Crippen MR) is 135 cm³/mol. The fraction of sp³-hybridized carbons (Fsp3) is 0.259. The third kappa shape index (κ3) is 6.38. The van der Waals surface area contributed by atoms with E-state index in [9.17, 15) is 9.59 Å². The lowest BCUT2D eigenvalue weighted by Crippen LogP contribution is -2.34. The van der Waals surface area contributed by atoms with Crippen molar-refractivity contribution in [3.05, 3.63) is 83.7 Å². The zero-order valence-electron chi connectivity index (χ0n) is 20.3. The van der Waals surface area contributed by atoms with Gasteiger partial charge in [-0.15, -0.1) is 0 Å². The van der Waals surface area contributed by atoms with Gasteiger partial charge in [0.25, 0.3) is 5.91 Å². The van der Waals surface area contributed by atoms with Crippen molar-refractivity contribution >= 4 is 23.4 Å². The second-order valence-corrected chi connectivity index (χ2v) is 8.06. The Hall–Kier alpha value is -4.40. The Morgan fingerprint density at radius 1 is 1.06 bits per heavy atom. The van der Waals surface area contributed by atoms with Crippen LogP contribution in [-0.2, 0) is 17.7 Å². The summed E-state index contributed by atoms with van der Waals surface area (Å²) < 4.78 is 16.3. The van der Waals surface area contributed by atoms with Crippen molar-refractivity contribution in [3.63, 3.8) is 0 Å². The zero-order chi connectivity index (χ0) is 25.3. The first-order chi connectivity index (χ1) is 17.6. The number of hydrogen-bond acceptors (Lipinski definition) is 7. The van der Waals surface area contributed by atoms with Crippen molar-refractivity contribution in [1.29, 1.82) is 0 Å². The Balaban J connectivity index is 1.35. The van der Waals surface area contributed by atoms with E-state index >= 15 is 0 Å². The van der Waals surface area contributed by atoms with Gasteiger partial charge in [-0.3, -0.25) is 9.78 Å². The number of carbonyl (C=O) groups is 2. The Kier molecular flexibility index (Phi) is 8.12. The third-order valence-electron chi connectivity index (χ3n) is 5.51. The van der Waals surface area contributed by atoms with Crippen molar-refractivity contribution in [1.82, 2.24) is 9.99 Å². The van der Waals surface area contributed by atoms with E-state index in [0.717, 1.165) is 23.3 Å². The van der Waals surface area contributed by atoms with Crippen molar-refractivity contribution in [2.45, 2.75) is 26.3 Å². The van der Waals surface area contributed by atoms with Gasteiger partial charge in [-0.05, 0) is 67.3 Å². The van der Waals surface area contributed by atoms with Gasteiger partial charge in [0, 0.05) is 11.9 Å². The van der Waals surface area contributed by atoms with Gasteiger partial charge in [-0.2, -0.15) is 10.1 Å². The molecule has 0 spiro atoms. The quantitative estimate of drug-likeness (QED) is 0.445. The average Bonchev–Trinajstić information content (AvgIpc) is 2.91. The lowest BCUT2D eigenvalue weighted by atomic mass is 10.1. The van der Waals surface area contributed by atoms with Gasteiger partial charge in [-0.1, -0.05) is 24.3 Å². The lowest BCUT2D eigenvalue weighted by Gasteiger charge is -2.23. The first kappa shape index (κ1) is 24.7. The largest absolute Gasteiger partial charge is 0.493 e. The Labute approximate surface area is 209 Å². The van der Waals surface area contributed by atoms with E-state index < -0.39 is 6.09 Å². The molecule has 4 rings (SSSR count). The molecule has 1 aliphatic rings. The van der Waals surface area contributed by atoms with Gasteiger partial charge in [0.15, 0.2) is 11.5 Å². The number of ether oxygens (including phenoxy) is 3. The van der Waals surface area contributed by atoms with Crippen molar-refractivity contribution < 1.29 is 23.8 Å². The molecule has 9 nitrogen and oxygen atoms in total. The molecular formula is C27H28N4O5. The molecule has 0 aliphatic carbocycles. The van der Waals surface area contributed by atoms with Crippen LogP contribution in [0.2, 0.25) is 0 Å². The van der Waals surface area contributed by atoms with E-state index in [1.807, 2.05) is 37.3 Å². The second-order valence-electron chi connectivity index (χ2n) is 8.06. The van der Waals surface area contributed by atoms with Crippen LogP contribution in [0.25, 0.3) is 0 Å². The molecule has 2 heterocycles. The van der Waals surface area contributed by atoms with Crippen LogP contribution in [0.15, 0.2) is 72.0 Å². The van der Waals surface area contributed by atoms with Gasteiger partial charge in [0.05, 0.1) is 26.0 Å². The van der Waals surface area contributed by atoms with Gasteiger partial charge in [0.2, 0.25) is 0 Å². The summed E-state index contributed by atoms with van der Waals surface area (Å²) in [5.41, 5.74) is 3.67. The predicted octanol–water partition coefficient (Wildman–Crippen LogP) is 4.68. The van der Waals surface area contributed by atoms with E-state index in [4.69, 9.17) is 14.2 Å². The molecule has 0 atom stereocenters. The highest BCUT2D eigenvalue weighted by atomic mass is 16.6. The normalized spacial score (nSPS) is 13.0. The summed E-state index contributed by atoms with van der Waals surface area (Å²) in [6.07, 6.45) is 2.44. The van der Waals surface area contributed by atoms with Crippen LogP contribution >= 0.6 is 0 Å². The summed E-state index contributed by atoms with van der Waals surface area (Å²) in [7, 11) is 1.62. The summed E-state index contributed by atoms with van der Waals surface area (Å²) in [4.78, 5) is 28.6. The minimum atomic E-state index is -0.492. The van der Waals surface area contributed by atoms with Crippen LogP contribution in [0.4, 0.5) is 10.5 Å². The molecule has 1 aliphatic heterocycles. The van der Waals surface area contributed by atoms with Gasteiger partial charge < -0.3 is 19.5 Å². The number of aryl methyl sites for hydroxylation is 1. The number of cyclic esters (lactones) is 1. The molecule has 0 radical (unpaired) electrons. The van der Waals surface area contributed by atoms with Gasteiger partial charge in [0.1, 0.15) is 12.3 Å². The number of amides is 2. The van der Waals surface area contributed by atoms with Crippen LogP contribution in [0.1, 0.15) is 35.0 Å². The minimum absolute atomic E-state index is 0.169. The van der Waals surface area contributed by atoms with Crippen molar-refractivity contribution in [3.8, 4) is 11.5 Å². The molecule has 2 amide bonds. The summed E-state index contributed by atoms with van der Waals surface area (Å²) in [5.74, 6) is 1.11. The summed E-state index contributed by atoms with van der Waals surface area (Å²) in [5, 5.41) is 8.64.